The smallest absolute Gasteiger partial charge is 0.357 e. The minimum absolute atomic E-state index is 0.150. The molecule has 1 fully saturated rings. The van der Waals surface area contributed by atoms with Gasteiger partial charge in [0, 0.05) is 0 Å². The van der Waals surface area contributed by atoms with E-state index < -0.39 is 27.2 Å². The number of carbonyl (C=O) groups is 1. The maximum atomic E-state index is 12.3. The van der Waals surface area contributed by atoms with Crippen molar-refractivity contribution in [1.29, 1.82) is 0 Å². The minimum atomic E-state index is -4.04. The van der Waals surface area contributed by atoms with Crippen LogP contribution in [0.25, 0.3) is 0 Å². The van der Waals surface area contributed by atoms with Crippen LogP contribution in [0.4, 0.5) is 0 Å². The molecule has 1 aromatic rings. The Bertz CT molecular complexity index is 597. The molecule has 1 aliphatic rings. The van der Waals surface area contributed by atoms with Gasteiger partial charge in [-0.3, -0.25) is 5.10 Å². The number of aryl methyl sites for hydroxylation is 1. The van der Waals surface area contributed by atoms with Gasteiger partial charge in [-0.2, -0.15) is 5.10 Å². The number of H-pyrrole nitrogens is 1. The molecule has 0 bridgehead atoms. The Labute approximate surface area is 109 Å². The number of nitrogens with one attached hydrogen (secondary N) is 2. The molecule has 0 amide bonds. The molecule has 0 aromatic carbocycles. The van der Waals surface area contributed by atoms with Crippen molar-refractivity contribution in [3.8, 4) is 0 Å². The highest BCUT2D eigenvalue weighted by molar-refractivity contribution is 7.89. The van der Waals surface area contributed by atoms with E-state index in [9.17, 15) is 18.3 Å². The van der Waals surface area contributed by atoms with Crippen LogP contribution in [-0.2, 0) is 10.0 Å². The average molecular weight is 289 g/mol. The SMILES string of the molecule is Cc1[nH]nc(C(=O)O)c1S(=O)(=O)NC1(CO)CCC1. The van der Waals surface area contributed by atoms with Crippen LogP contribution in [0, 0.1) is 6.92 Å². The summed E-state index contributed by atoms with van der Waals surface area (Å²) < 4.78 is 26.9. The first-order valence-electron chi connectivity index (χ1n) is 5.74. The maximum absolute atomic E-state index is 12.3. The summed E-state index contributed by atoms with van der Waals surface area (Å²) in [6.45, 7) is 1.12. The normalized spacial score (nSPS) is 18.0. The molecular weight excluding hydrogens is 274 g/mol. The summed E-state index contributed by atoms with van der Waals surface area (Å²) in [7, 11) is -4.04. The number of carboxylic acids is 1. The first kappa shape index (κ1) is 14.0. The molecule has 0 aliphatic heterocycles. The number of aromatic carboxylic acids is 1. The fourth-order valence-electron chi connectivity index (χ4n) is 2.12. The standard InChI is InChI=1S/C10H15N3O5S/c1-6-8(7(9(15)16)12-11-6)19(17,18)13-10(5-14)3-2-4-10/h13-14H,2-5H2,1H3,(H,11,12)(H,15,16). The summed E-state index contributed by atoms with van der Waals surface area (Å²) in [4.78, 5) is 10.6. The molecule has 19 heavy (non-hydrogen) atoms. The van der Waals surface area contributed by atoms with E-state index in [1.165, 1.54) is 6.92 Å². The van der Waals surface area contributed by atoms with E-state index in [2.05, 4.69) is 14.9 Å². The number of carboxylic acid groups (broad SMARTS) is 1. The van der Waals surface area contributed by atoms with Crippen molar-refractivity contribution in [3.63, 3.8) is 0 Å². The zero-order valence-electron chi connectivity index (χ0n) is 10.3. The third-order valence-electron chi connectivity index (χ3n) is 3.33. The van der Waals surface area contributed by atoms with Crippen LogP contribution in [0.1, 0.15) is 35.4 Å². The summed E-state index contributed by atoms with van der Waals surface area (Å²) in [6, 6.07) is 0. The number of nitrogens with zero attached hydrogens (tertiary/aromatic N) is 1. The molecule has 1 saturated carbocycles. The van der Waals surface area contributed by atoms with E-state index in [4.69, 9.17) is 5.11 Å². The van der Waals surface area contributed by atoms with Gasteiger partial charge in [-0.25, -0.2) is 17.9 Å². The van der Waals surface area contributed by atoms with E-state index in [1.54, 1.807) is 0 Å². The van der Waals surface area contributed by atoms with Gasteiger partial charge in [-0.05, 0) is 26.2 Å². The number of aliphatic hydroxyl groups is 1. The molecule has 2 rings (SSSR count). The van der Waals surface area contributed by atoms with Gasteiger partial charge in [0.15, 0.2) is 5.69 Å². The molecular formula is C10H15N3O5S. The van der Waals surface area contributed by atoms with Gasteiger partial charge < -0.3 is 10.2 Å². The lowest BCUT2D eigenvalue weighted by molar-refractivity contribution is 0.0686. The topological polar surface area (TPSA) is 132 Å². The number of rotatable bonds is 5. The molecule has 4 N–H and O–H groups in total. The third kappa shape index (κ3) is 2.36. The first-order valence-corrected chi connectivity index (χ1v) is 7.23. The monoisotopic (exact) mass is 289 g/mol. The van der Waals surface area contributed by atoms with Crippen molar-refractivity contribution in [3.05, 3.63) is 11.4 Å². The van der Waals surface area contributed by atoms with Gasteiger partial charge in [0.25, 0.3) is 0 Å². The molecule has 8 nitrogen and oxygen atoms in total. The number of aliphatic hydroxyl groups excluding tert-OH is 1. The fourth-order valence-corrected chi connectivity index (χ4v) is 3.90. The largest absolute Gasteiger partial charge is 0.476 e. The van der Waals surface area contributed by atoms with Gasteiger partial charge in [0.2, 0.25) is 10.0 Å². The summed E-state index contributed by atoms with van der Waals surface area (Å²) in [5.74, 6) is -1.42. The Morgan fingerprint density at radius 2 is 2.16 bits per heavy atom. The number of hydrogen-bond donors (Lipinski definition) is 4. The van der Waals surface area contributed by atoms with E-state index in [-0.39, 0.29) is 17.2 Å². The number of sulfonamides is 1. The van der Waals surface area contributed by atoms with Gasteiger partial charge in [0.05, 0.1) is 17.8 Å². The highest BCUT2D eigenvalue weighted by atomic mass is 32.2. The second-order valence-corrected chi connectivity index (χ2v) is 6.35. The zero-order valence-corrected chi connectivity index (χ0v) is 11.1. The van der Waals surface area contributed by atoms with Crippen molar-refractivity contribution in [2.75, 3.05) is 6.61 Å². The lowest BCUT2D eigenvalue weighted by atomic mass is 9.78. The molecule has 1 heterocycles. The third-order valence-corrected chi connectivity index (χ3v) is 5.07. The summed E-state index contributed by atoms with van der Waals surface area (Å²) in [5, 5.41) is 24.1. The van der Waals surface area contributed by atoms with Crippen LogP contribution >= 0.6 is 0 Å². The Kier molecular flexibility index (Phi) is 3.37. The van der Waals surface area contributed by atoms with Crippen LogP contribution in [-0.4, -0.2) is 46.9 Å². The maximum Gasteiger partial charge on any atom is 0.357 e. The average Bonchev–Trinajstić information content (AvgIpc) is 2.66. The van der Waals surface area contributed by atoms with Crippen LogP contribution in [0.2, 0.25) is 0 Å². The Hall–Kier alpha value is -1.45. The van der Waals surface area contributed by atoms with Gasteiger partial charge >= 0.3 is 5.97 Å². The molecule has 0 radical (unpaired) electrons. The Morgan fingerprint density at radius 1 is 1.53 bits per heavy atom. The lowest BCUT2D eigenvalue weighted by Gasteiger charge is -2.40. The van der Waals surface area contributed by atoms with E-state index in [0.29, 0.717) is 12.8 Å². The van der Waals surface area contributed by atoms with Gasteiger partial charge in [-0.15, -0.1) is 0 Å². The van der Waals surface area contributed by atoms with E-state index >= 15 is 0 Å². The zero-order chi connectivity index (χ0) is 14.3. The highest BCUT2D eigenvalue weighted by Crippen LogP contribution is 2.33. The van der Waals surface area contributed by atoms with Crippen LogP contribution in [0.15, 0.2) is 4.90 Å². The molecule has 0 saturated heterocycles. The summed E-state index contributed by atoms with van der Waals surface area (Å²) in [6.07, 6.45) is 1.88. The molecule has 0 atom stereocenters. The van der Waals surface area contributed by atoms with Crippen LogP contribution in [0.5, 0.6) is 0 Å². The quantitative estimate of drug-likeness (QED) is 0.583. The van der Waals surface area contributed by atoms with Crippen molar-refractivity contribution < 1.29 is 23.4 Å². The highest BCUT2D eigenvalue weighted by Gasteiger charge is 2.42. The van der Waals surface area contributed by atoms with Gasteiger partial charge in [0.1, 0.15) is 4.90 Å². The van der Waals surface area contributed by atoms with E-state index in [0.717, 1.165) is 6.42 Å². The van der Waals surface area contributed by atoms with Crippen LogP contribution < -0.4 is 4.72 Å². The number of aromatic amines is 1. The van der Waals surface area contributed by atoms with Gasteiger partial charge in [-0.1, -0.05) is 0 Å². The summed E-state index contributed by atoms with van der Waals surface area (Å²) in [5.41, 5.74) is -1.27. The van der Waals surface area contributed by atoms with Crippen molar-refractivity contribution in [2.24, 2.45) is 0 Å². The Balaban J connectivity index is 2.40. The van der Waals surface area contributed by atoms with E-state index in [1.807, 2.05) is 0 Å². The molecule has 0 spiro atoms. The summed E-state index contributed by atoms with van der Waals surface area (Å²) >= 11 is 0. The Morgan fingerprint density at radius 3 is 2.58 bits per heavy atom. The lowest BCUT2D eigenvalue weighted by Crippen LogP contribution is -2.56. The van der Waals surface area contributed by atoms with Crippen molar-refractivity contribution in [1.82, 2.24) is 14.9 Å². The first-order chi connectivity index (χ1) is 8.81. The second kappa shape index (κ2) is 4.58. The van der Waals surface area contributed by atoms with Crippen molar-refractivity contribution >= 4 is 16.0 Å². The number of hydrogen-bond acceptors (Lipinski definition) is 5. The minimum Gasteiger partial charge on any atom is -0.476 e. The molecule has 106 valence electrons. The molecule has 1 aliphatic carbocycles. The number of aromatic nitrogens is 2. The molecule has 9 heteroatoms. The van der Waals surface area contributed by atoms with Crippen molar-refractivity contribution in [2.45, 2.75) is 36.6 Å². The fraction of sp³-hybridized carbons (Fsp3) is 0.600. The second-order valence-electron chi connectivity index (χ2n) is 4.73. The predicted octanol–water partition coefficient (Wildman–Crippen LogP) is -0.390. The van der Waals surface area contributed by atoms with Crippen LogP contribution in [0.3, 0.4) is 0 Å². The predicted molar refractivity (Wildman–Crippen MR) is 64.3 cm³/mol. The molecule has 1 aromatic heterocycles. The molecule has 0 unspecified atom stereocenters.